The first kappa shape index (κ1) is 19.5. The lowest BCUT2D eigenvalue weighted by atomic mass is 10.1. The van der Waals surface area contributed by atoms with E-state index in [0.29, 0.717) is 27.0 Å². The van der Waals surface area contributed by atoms with E-state index >= 15 is 0 Å². The fourth-order valence-corrected chi connectivity index (χ4v) is 3.33. The molecule has 1 heterocycles. The Kier molecular flexibility index (Phi) is 6.21. The average molecular weight is 409 g/mol. The maximum absolute atomic E-state index is 12.1. The third-order valence-corrected chi connectivity index (χ3v) is 4.75. The maximum atomic E-state index is 12.1. The quantitative estimate of drug-likeness (QED) is 0.769. The van der Waals surface area contributed by atoms with Crippen molar-refractivity contribution in [2.24, 2.45) is 0 Å². The number of fused-ring (bicyclic) bond motifs is 1. The molecule has 0 spiro atoms. The Morgan fingerprint density at radius 2 is 2.04 bits per heavy atom. The number of amides is 2. The van der Waals surface area contributed by atoms with Crippen LogP contribution in [-0.4, -0.2) is 36.6 Å². The monoisotopic (exact) mass is 408 g/mol. The number of halogens is 2. The number of rotatable bonds is 6. The molecule has 2 aromatic carbocycles. The molecule has 0 radical (unpaired) electrons. The number of nitrogens with one attached hydrogen (secondary N) is 1. The lowest BCUT2D eigenvalue weighted by molar-refractivity contribution is -0.122. The average Bonchev–Trinajstić information content (AvgIpc) is 2.65. The molecule has 0 fully saturated rings. The zero-order chi connectivity index (χ0) is 19.4. The van der Waals surface area contributed by atoms with Crippen molar-refractivity contribution in [1.82, 2.24) is 5.32 Å². The van der Waals surface area contributed by atoms with E-state index in [4.69, 9.17) is 27.9 Å². The number of carbonyl (C=O) groups excluding carboxylic acids is 2. The summed E-state index contributed by atoms with van der Waals surface area (Å²) in [5, 5.41) is 13.7. The van der Waals surface area contributed by atoms with Crippen molar-refractivity contribution in [1.29, 1.82) is 0 Å². The molecule has 0 bridgehead atoms. The Bertz CT molecular complexity index is 859. The first-order valence-electron chi connectivity index (χ1n) is 8.37. The SMILES string of the molecule is O=C(CCN1C(=O)COc2ccccc21)NCC(O)c1ccc(Cl)cc1Cl. The van der Waals surface area contributed by atoms with Crippen LogP contribution in [0.1, 0.15) is 18.1 Å². The highest BCUT2D eigenvalue weighted by molar-refractivity contribution is 6.35. The van der Waals surface area contributed by atoms with Crippen LogP contribution >= 0.6 is 23.2 Å². The molecular weight excluding hydrogens is 391 g/mol. The first-order valence-corrected chi connectivity index (χ1v) is 9.13. The lowest BCUT2D eigenvalue weighted by Gasteiger charge is -2.29. The van der Waals surface area contributed by atoms with Gasteiger partial charge >= 0.3 is 0 Å². The number of ether oxygens (including phenoxy) is 1. The maximum Gasteiger partial charge on any atom is 0.265 e. The molecule has 1 aliphatic rings. The highest BCUT2D eigenvalue weighted by atomic mass is 35.5. The molecule has 6 nitrogen and oxygen atoms in total. The summed E-state index contributed by atoms with van der Waals surface area (Å²) in [7, 11) is 0. The minimum absolute atomic E-state index is 0.00777. The summed E-state index contributed by atoms with van der Waals surface area (Å²) in [6.45, 7) is 0.184. The smallest absolute Gasteiger partial charge is 0.265 e. The van der Waals surface area contributed by atoms with Crippen LogP contribution in [0.5, 0.6) is 5.75 Å². The van der Waals surface area contributed by atoms with Crippen LogP contribution in [0.4, 0.5) is 5.69 Å². The number of para-hydroxylation sites is 2. The lowest BCUT2D eigenvalue weighted by Crippen LogP contribution is -2.41. The molecule has 2 aromatic rings. The number of aliphatic hydroxyl groups is 1. The van der Waals surface area contributed by atoms with Crippen LogP contribution in [0.3, 0.4) is 0 Å². The second-order valence-corrected chi connectivity index (χ2v) is 6.88. The van der Waals surface area contributed by atoms with E-state index in [-0.39, 0.29) is 37.9 Å². The van der Waals surface area contributed by atoms with E-state index in [1.807, 2.05) is 6.07 Å². The van der Waals surface area contributed by atoms with Crippen LogP contribution in [0.15, 0.2) is 42.5 Å². The van der Waals surface area contributed by atoms with Crippen LogP contribution < -0.4 is 15.0 Å². The molecule has 2 N–H and O–H groups in total. The fourth-order valence-electron chi connectivity index (χ4n) is 2.79. The normalized spacial score (nSPS) is 14.3. The van der Waals surface area contributed by atoms with E-state index in [1.54, 1.807) is 30.3 Å². The molecule has 2 amide bonds. The van der Waals surface area contributed by atoms with Crippen molar-refractivity contribution in [3.8, 4) is 5.75 Å². The van der Waals surface area contributed by atoms with Gasteiger partial charge in [-0.25, -0.2) is 0 Å². The summed E-state index contributed by atoms with van der Waals surface area (Å²) in [6, 6.07) is 12.0. The number of carbonyl (C=O) groups is 2. The van der Waals surface area contributed by atoms with Gasteiger partial charge in [0.15, 0.2) is 6.61 Å². The van der Waals surface area contributed by atoms with Gasteiger partial charge < -0.3 is 20.1 Å². The first-order chi connectivity index (χ1) is 13.0. The van der Waals surface area contributed by atoms with Gasteiger partial charge in [-0.1, -0.05) is 41.4 Å². The van der Waals surface area contributed by atoms with Crippen LogP contribution in [0.25, 0.3) is 0 Å². The molecule has 0 saturated heterocycles. The molecule has 0 aliphatic carbocycles. The molecule has 1 unspecified atom stereocenters. The Morgan fingerprint density at radius 3 is 2.81 bits per heavy atom. The number of benzene rings is 2. The summed E-state index contributed by atoms with van der Waals surface area (Å²) in [5.74, 6) is 0.135. The molecule has 8 heteroatoms. The molecule has 0 aromatic heterocycles. The van der Waals surface area contributed by atoms with E-state index in [9.17, 15) is 14.7 Å². The zero-order valence-electron chi connectivity index (χ0n) is 14.3. The minimum Gasteiger partial charge on any atom is -0.482 e. The number of hydrogen-bond donors (Lipinski definition) is 2. The third kappa shape index (κ3) is 4.71. The van der Waals surface area contributed by atoms with Crippen molar-refractivity contribution < 1.29 is 19.4 Å². The second-order valence-electron chi connectivity index (χ2n) is 6.04. The third-order valence-electron chi connectivity index (χ3n) is 4.18. The molecule has 27 heavy (non-hydrogen) atoms. The fraction of sp³-hybridized carbons (Fsp3) is 0.263. The highest BCUT2D eigenvalue weighted by Crippen LogP contribution is 2.31. The van der Waals surface area contributed by atoms with Gasteiger partial charge in [-0.2, -0.15) is 0 Å². The largest absolute Gasteiger partial charge is 0.482 e. The summed E-state index contributed by atoms with van der Waals surface area (Å²) in [6.07, 6.45) is -0.856. The van der Waals surface area contributed by atoms with Crippen molar-refractivity contribution in [2.45, 2.75) is 12.5 Å². The van der Waals surface area contributed by atoms with Crippen molar-refractivity contribution >= 4 is 40.7 Å². The molecule has 1 atom stereocenters. The van der Waals surface area contributed by atoms with Gasteiger partial charge in [0.25, 0.3) is 5.91 Å². The van der Waals surface area contributed by atoms with Gasteiger partial charge in [-0.15, -0.1) is 0 Å². The highest BCUT2D eigenvalue weighted by Gasteiger charge is 2.25. The molecule has 142 valence electrons. The minimum atomic E-state index is -0.954. The van der Waals surface area contributed by atoms with Crippen molar-refractivity contribution in [2.75, 3.05) is 24.6 Å². The summed E-state index contributed by atoms with van der Waals surface area (Å²) < 4.78 is 5.37. The topological polar surface area (TPSA) is 78.9 Å². The molecular formula is C19H18Cl2N2O4. The molecule has 3 rings (SSSR count). The summed E-state index contributed by atoms with van der Waals surface area (Å²) in [4.78, 5) is 25.8. The van der Waals surface area contributed by atoms with Gasteiger partial charge in [0, 0.05) is 35.1 Å². The molecule has 0 saturated carbocycles. The number of nitrogens with zero attached hydrogens (tertiary/aromatic N) is 1. The predicted molar refractivity (Wildman–Crippen MR) is 103 cm³/mol. The van der Waals surface area contributed by atoms with Crippen molar-refractivity contribution in [3.05, 3.63) is 58.1 Å². The van der Waals surface area contributed by atoms with Gasteiger partial charge in [0.05, 0.1) is 11.8 Å². The Hall–Kier alpha value is -2.28. The van der Waals surface area contributed by atoms with Crippen LogP contribution in [0.2, 0.25) is 10.0 Å². The van der Waals surface area contributed by atoms with E-state index in [2.05, 4.69) is 5.32 Å². The number of hydrogen-bond acceptors (Lipinski definition) is 4. The number of anilines is 1. The van der Waals surface area contributed by atoms with Gasteiger partial charge in [0.2, 0.25) is 5.91 Å². The molecule has 1 aliphatic heterocycles. The zero-order valence-corrected chi connectivity index (χ0v) is 15.8. The number of aliphatic hydroxyl groups excluding tert-OH is 1. The Morgan fingerprint density at radius 1 is 1.26 bits per heavy atom. The standard InChI is InChI=1S/C19H18Cl2N2O4/c20-12-5-6-13(14(21)9-12)16(24)10-22-18(25)7-8-23-15-3-1-2-4-17(15)27-11-19(23)26/h1-6,9,16,24H,7-8,10-11H2,(H,22,25). The summed E-state index contributed by atoms with van der Waals surface area (Å²) in [5.41, 5.74) is 1.13. The van der Waals surface area contributed by atoms with Crippen molar-refractivity contribution in [3.63, 3.8) is 0 Å². The Labute approximate surface area is 166 Å². The van der Waals surface area contributed by atoms with E-state index in [0.717, 1.165) is 0 Å². The van der Waals surface area contributed by atoms with Gasteiger partial charge in [-0.05, 0) is 24.3 Å². The Balaban J connectivity index is 1.53. The van der Waals surface area contributed by atoms with Gasteiger partial charge in [-0.3, -0.25) is 9.59 Å². The second kappa shape index (κ2) is 8.61. The van der Waals surface area contributed by atoms with Crippen LogP contribution in [0, 0.1) is 0 Å². The van der Waals surface area contributed by atoms with Gasteiger partial charge in [0.1, 0.15) is 5.75 Å². The van der Waals surface area contributed by atoms with Crippen LogP contribution in [-0.2, 0) is 9.59 Å². The van der Waals surface area contributed by atoms with E-state index < -0.39 is 6.10 Å². The summed E-state index contributed by atoms with van der Waals surface area (Å²) >= 11 is 11.9. The van der Waals surface area contributed by atoms with E-state index in [1.165, 1.54) is 11.0 Å². The predicted octanol–water partition coefficient (Wildman–Crippen LogP) is 2.96.